The van der Waals surface area contributed by atoms with Gasteiger partial charge in [0, 0.05) is 6.07 Å². The van der Waals surface area contributed by atoms with Gasteiger partial charge in [-0.3, -0.25) is 4.72 Å². The highest BCUT2D eigenvalue weighted by molar-refractivity contribution is 7.92. The number of benzene rings is 1. The zero-order chi connectivity index (χ0) is 17.8. The Morgan fingerprint density at radius 3 is 2.29 bits per heavy atom. The third kappa shape index (κ3) is 5.01. The van der Waals surface area contributed by atoms with Crippen molar-refractivity contribution in [3.8, 4) is 11.6 Å². The molecule has 2 rings (SSSR count). The van der Waals surface area contributed by atoms with Crippen LogP contribution in [-0.4, -0.2) is 33.3 Å². The first-order valence-corrected chi connectivity index (χ1v) is 8.00. The zero-order valence-electron chi connectivity index (χ0n) is 12.4. The molecular weight excluding hydrogens is 349 g/mol. The Hall–Kier alpha value is -2.49. The number of pyridine rings is 1. The van der Waals surface area contributed by atoms with Gasteiger partial charge in [0.05, 0.1) is 23.9 Å². The molecule has 0 aliphatic heterocycles. The van der Waals surface area contributed by atoms with Gasteiger partial charge in [0.15, 0.2) is 6.61 Å². The Morgan fingerprint density at radius 1 is 1.12 bits per heavy atom. The molecule has 10 heteroatoms. The lowest BCUT2D eigenvalue weighted by Crippen LogP contribution is -2.19. The minimum absolute atomic E-state index is 0.000646. The van der Waals surface area contributed by atoms with Crippen molar-refractivity contribution >= 4 is 15.7 Å². The summed E-state index contributed by atoms with van der Waals surface area (Å²) in [6.07, 6.45) is -3.41. The van der Waals surface area contributed by atoms with Crippen molar-refractivity contribution in [2.45, 2.75) is 11.1 Å². The number of rotatable bonds is 6. The molecule has 130 valence electrons. The topological polar surface area (TPSA) is 77.5 Å². The number of nitrogens with zero attached hydrogens (tertiary/aromatic N) is 1. The Labute approximate surface area is 136 Å². The molecule has 1 heterocycles. The van der Waals surface area contributed by atoms with Crippen LogP contribution in [0.2, 0.25) is 0 Å². The lowest BCUT2D eigenvalue weighted by Gasteiger charge is -2.10. The number of ether oxygens (including phenoxy) is 2. The molecule has 0 saturated carbocycles. The highest BCUT2D eigenvalue weighted by atomic mass is 32.2. The molecule has 1 N–H and O–H groups in total. The van der Waals surface area contributed by atoms with Gasteiger partial charge in [-0.25, -0.2) is 13.4 Å². The lowest BCUT2D eigenvalue weighted by atomic mass is 10.3. The molecule has 2 aromatic rings. The third-order valence-electron chi connectivity index (χ3n) is 2.74. The van der Waals surface area contributed by atoms with Gasteiger partial charge < -0.3 is 9.47 Å². The van der Waals surface area contributed by atoms with Crippen LogP contribution in [-0.2, 0) is 10.0 Å². The summed E-state index contributed by atoms with van der Waals surface area (Å²) in [4.78, 5) is 3.62. The molecule has 0 fully saturated rings. The number of anilines is 1. The van der Waals surface area contributed by atoms with Crippen molar-refractivity contribution in [2.24, 2.45) is 0 Å². The molecule has 6 nitrogen and oxygen atoms in total. The molecule has 0 amide bonds. The van der Waals surface area contributed by atoms with E-state index >= 15 is 0 Å². The van der Waals surface area contributed by atoms with Gasteiger partial charge in [0.25, 0.3) is 10.0 Å². The standard InChI is InChI=1S/C14H13F3N2O4S/c1-22-11-3-5-12(6-4-11)24(20,21)19-10-2-7-13(18-8-10)23-9-14(15,16)17/h2-8,19H,9H2,1H3. The number of alkyl halides is 3. The maximum absolute atomic E-state index is 12.2. The van der Waals surface area contributed by atoms with E-state index in [2.05, 4.69) is 14.4 Å². The molecule has 1 aromatic carbocycles. The summed E-state index contributed by atoms with van der Waals surface area (Å²) < 4.78 is 72.1. The van der Waals surface area contributed by atoms with Crippen molar-refractivity contribution in [1.82, 2.24) is 4.98 Å². The van der Waals surface area contributed by atoms with E-state index in [-0.39, 0.29) is 16.5 Å². The quantitative estimate of drug-likeness (QED) is 0.855. The molecule has 0 aliphatic rings. The highest BCUT2D eigenvalue weighted by Crippen LogP contribution is 2.21. The van der Waals surface area contributed by atoms with Gasteiger partial charge >= 0.3 is 6.18 Å². The maximum atomic E-state index is 12.2. The molecule has 0 atom stereocenters. The van der Waals surface area contributed by atoms with E-state index in [0.717, 1.165) is 12.3 Å². The summed E-state index contributed by atoms with van der Waals surface area (Å²) in [6.45, 7) is -1.48. The largest absolute Gasteiger partial charge is 0.497 e. The van der Waals surface area contributed by atoms with E-state index in [9.17, 15) is 21.6 Å². The summed E-state index contributed by atoms with van der Waals surface area (Å²) >= 11 is 0. The molecule has 24 heavy (non-hydrogen) atoms. The first-order valence-electron chi connectivity index (χ1n) is 6.52. The van der Waals surface area contributed by atoms with Crippen LogP contribution in [0.4, 0.5) is 18.9 Å². The van der Waals surface area contributed by atoms with Crippen LogP contribution in [0.25, 0.3) is 0 Å². The van der Waals surface area contributed by atoms with E-state index in [0.29, 0.717) is 5.75 Å². The number of aromatic nitrogens is 1. The second kappa shape index (κ2) is 6.95. The zero-order valence-corrected chi connectivity index (χ0v) is 13.2. The van der Waals surface area contributed by atoms with Crippen molar-refractivity contribution < 1.29 is 31.1 Å². The fourth-order valence-corrected chi connectivity index (χ4v) is 2.69. The fourth-order valence-electron chi connectivity index (χ4n) is 1.65. The average molecular weight is 362 g/mol. The Bertz CT molecular complexity index is 775. The van der Waals surface area contributed by atoms with Gasteiger partial charge in [-0.2, -0.15) is 13.2 Å². The number of sulfonamides is 1. The first kappa shape index (κ1) is 17.9. The van der Waals surface area contributed by atoms with E-state index in [1.165, 1.54) is 37.4 Å². The van der Waals surface area contributed by atoms with Gasteiger partial charge in [-0.1, -0.05) is 0 Å². The Kier molecular flexibility index (Phi) is 5.17. The predicted octanol–water partition coefficient (Wildman–Crippen LogP) is 2.83. The summed E-state index contributed by atoms with van der Waals surface area (Å²) in [5.74, 6) is 0.238. The predicted molar refractivity (Wildman–Crippen MR) is 79.6 cm³/mol. The van der Waals surface area contributed by atoms with Crippen molar-refractivity contribution in [2.75, 3.05) is 18.4 Å². The SMILES string of the molecule is COc1ccc(S(=O)(=O)Nc2ccc(OCC(F)(F)F)nc2)cc1. The van der Waals surface area contributed by atoms with E-state index in [1.807, 2.05) is 0 Å². The van der Waals surface area contributed by atoms with Crippen molar-refractivity contribution in [3.63, 3.8) is 0 Å². The summed E-state index contributed by atoms with van der Waals surface area (Å²) in [5, 5.41) is 0. The summed E-state index contributed by atoms with van der Waals surface area (Å²) in [7, 11) is -2.40. The molecule has 0 unspecified atom stereocenters. The van der Waals surface area contributed by atoms with Gasteiger partial charge in [0.2, 0.25) is 5.88 Å². The first-order chi connectivity index (χ1) is 11.2. The third-order valence-corrected chi connectivity index (χ3v) is 4.14. The van der Waals surface area contributed by atoms with Gasteiger partial charge in [0.1, 0.15) is 5.75 Å². The summed E-state index contributed by atoms with van der Waals surface area (Å²) in [5.41, 5.74) is 0.0881. The maximum Gasteiger partial charge on any atom is 0.422 e. The van der Waals surface area contributed by atoms with Crippen LogP contribution >= 0.6 is 0 Å². The Morgan fingerprint density at radius 2 is 1.79 bits per heavy atom. The van der Waals surface area contributed by atoms with Crippen LogP contribution in [0, 0.1) is 0 Å². The molecular formula is C14H13F3N2O4S. The van der Waals surface area contributed by atoms with Crippen molar-refractivity contribution in [1.29, 1.82) is 0 Å². The molecule has 0 radical (unpaired) electrons. The number of halogens is 3. The van der Waals surface area contributed by atoms with Gasteiger partial charge in [-0.05, 0) is 30.3 Å². The van der Waals surface area contributed by atoms with Gasteiger partial charge in [-0.15, -0.1) is 0 Å². The highest BCUT2D eigenvalue weighted by Gasteiger charge is 2.28. The fraction of sp³-hybridized carbons (Fsp3) is 0.214. The van der Waals surface area contributed by atoms with Crippen LogP contribution in [0.15, 0.2) is 47.5 Å². The second-order valence-corrected chi connectivity index (χ2v) is 6.25. The normalized spacial score (nSPS) is 11.8. The van der Waals surface area contributed by atoms with Crippen molar-refractivity contribution in [3.05, 3.63) is 42.6 Å². The van der Waals surface area contributed by atoms with Crippen LogP contribution < -0.4 is 14.2 Å². The molecule has 1 aromatic heterocycles. The number of nitrogens with one attached hydrogen (secondary N) is 1. The molecule has 0 saturated heterocycles. The number of methoxy groups -OCH3 is 1. The number of hydrogen-bond acceptors (Lipinski definition) is 5. The lowest BCUT2D eigenvalue weighted by molar-refractivity contribution is -0.154. The smallest absolute Gasteiger partial charge is 0.422 e. The average Bonchev–Trinajstić information content (AvgIpc) is 2.53. The molecule has 0 aliphatic carbocycles. The second-order valence-electron chi connectivity index (χ2n) is 4.57. The van der Waals surface area contributed by atoms with E-state index in [4.69, 9.17) is 4.74 Å². The monoisotopic (exact) mass is 362 g/mol. The minimum Gasteiger partial charge on any atom is -0.497 e. The molecule has 0 spiro atoms. The van der Waals surface area contributed by atoms with Crippen LogP contribution in [0.3, 0.4) is 0 Å². The minimum atomic E-state index is -4.48. The van der Waals surface area contributed by atoms with E-state index < -0.39 is 22.8 Å². The van der Waals surface area contributed by atoms with Crippen LogP contribution in [0.1, 0.15) is 0 Å². The summed E-state index contributed by atoms with van der Waals surface area (Å²) in [6, 6.07) is 8.07. The van der Waals surface area contributed by atoms with Crippen LogP contribution in [0.5, 0.6) is 11.6 Å². The number of hydrogen-bond donors (Lipinski definition) is 1. The van der Waals surface area contributed by atoms with E-state index in [1.54, 1.807) is 0 Å². The molecule has 0 bridgehead atoms. The Balaban J connectivity index is 2.06.